The molecule has 1 aromatic carbocycles. The third kappa shape index (κ3) is 5.24. The van der Waals surface area contributed by atoms with Crippen LogP contribution >= 0.6 is 0 Å². The second-order valence-corrected chi connectivity index (χ2v) is 4.78. The molecule has 0 bridgehead atoms. The number of nitrogens with zero attached hydrogens (tertiary/aromatic N) is 1. The average Bonchev–Trinajstić information content (AvgIpc) is 2.50. The monoisotopic (exact) mass is 298 g/mol. The third-order valence-corrected chi connectivity index (χ3v) is 2.91. The van der Waals surface area contributed by atoms with E-state index < -0.39 is 0 Å². The van der Waals surface area contributed by atoms with Crippen molar-refractivity contribution in [1.29, 1.82) is 0 Å². The van der Waals surface area contributed by atoms with Crippen LogP contribution in [0.3, 0.4) is 0 Å². The number of urea groups is 1. The Morgan fingerprint density at radius 3 is 2.27 bits per heavy atom. The predicted molar refractivity (Wildman–Crippen MR) is 85.7 cm³/mol. The fourth-order valence-corrected chi connectivity index (χ4v) is 1.76. The highest BCUT2D eigenvalue weighted by Gasteiger charge is 2.04. The molecule has 6 heteroatoms. The molecule has 0 aliphatic rings. The number of aromatic nitrogens is 1. The number of rotatable bonds is 5. The van der Waals surface area contributed by atoms with Gasteiger partial charge in [-0.25, -0.2) is 4.79 Å². The zero-order valence-corrected chi connectivity index (χ0v) is 12.3. The maximum atomic E-state index is 11.7. The van der Waals surface area contributed by atoms with E-state index in [1.54, 1.807) is 24.5 Å². The topological polar surface area (TPSA) is 83.1 Å². The van der Waals surface area contributed by atoms with Crippen molar-refractivity contribution < 1.29 is 9.59 Å². The molecule has 0 saturated carbocycles. The Morgan fingerprint density at radius 1 is 0.955 bits per heavy atom. The smallest absolute Gasteiger partial charge is 0.319 e. The molecular weight excluding hydrogens is 280 g/mol. The number of nitrogens with one attached hydrogen (secondary N) is 3. The first-order valence-electron chi connectivity index (χ1n) is 6.95. The largest absolute Gasteiger partial charge is 0.337 e. The Balaban J connectivity index is 1.68. The average molecular weight is 298 g/mol. The van der Waals surface area contributed by atoms with Gasteiger partial charge in [0.05, 0.1) is 0 Å². The number of hydrogen-bond donors (Lipinski definition) is 3. The normalized spacial score (nSPS) is 9.86. The molecule has 6 nitrogen and oxygen atoms in total. The van der Waals surface area contributed by atoms with Gasteiger partial charge in [-0.05, 0) is 31.2 Å². The molecular formula is C16H18N4O2. The quantitative estimate of drug-likeness (QED) is 0.793. The Bertz CT molecular complexity index is 626. The summed E-state index contributed by atoms with van der Waals surface area (Å²) in [5.41, 5.74) is 2.52. The second kappa shape index (κ2) is 7.78. The Kier molecular flexibility index (Phi) is 5.48. The Labute approximate surface area is 129 Å². The van der Waals surface area contributed by atoms with Crippen molar-refractivity contribution in [2.45, 2.75) is 13.3 Å². The van der Waals surface area contributed by atoms with Crippen LogP contribution in [0.25, 0.3) is 0 Å². The number of anilines is 2. The molecule has 1 heterocycles. The van der Waals surface area contributed by atoms with Gasteiger partial charge in [-0.15, -0.1) is 0 Å². The van der Waals surface area contributed by atoms with E-state index in [0.29, 0.717) is 11.4 Å². The molecule has 2 aromatic rings. The van der Waals surface area contributed by atoms with Crippen LogP contribution in [0.5, 0.6) is 0 Å². The molecule has 0 spiro atoms. The summed E-state index contributed by atoms with van der Waals surface area (Å²) in [6.45, 7) is 2.24. The van der Waals surface area contributed by atoms with Crippen molar-refractivity contribution in [2.75, 3.05) is 17.2 Å². The molecule has 3 amide bonds. The molecule has 22 heavy (non-hydrogen) atoms. The molecule has 0 fully saturated rings. The number of carbonyl (C=O) groups is 2. The van der Waals surface area contributed by atoms with Gasteiger partial charge in [0.1, 0.15) is 0 Å². The lowest BCUT2D eigenvalue weighted by atomic mass is 10.2. The van der Waals surface area contributed by atoms with Gasteiger partial charge in [0.2, 0.25) is 5.91 Å². The van der Waals surface area contributed by atoms with E-state index >= 15 is 0 Å². The summed E-state index contributed by atoms with van der Waals surface area (Å²) in [5.74, 6) is -0.165. The minimum absolute atomic E-state index is 0.165. The van der Waals surface area contributed by atoms with Gasteiger partial charge in [0.25, 0.3) is 0 Å². The lowest BCUT2D eigenvalue weighted by molar-refractivity contribution is -0.116. The molecule has 114 valence electrons. The van der Waals surface area contributed by atoms with E-state index in [0.717, 1.165) is 5.56 Å². The molecule has 0 aliphatic heterocycles. The highest BCUT2D eigenvalue weighted by Crippen LogP contribution is 2.08. The summed E-state index contributed by atoms with van der Waals surface area (Å²) >= 11 is 0. The SMILES string of the molecule is Cc1ccc(NC(=O)NCCC(=O)Nc2ccncc2)cc1. The number of benzene rings is 1. The lowest BCUT2D eigenvalue weighted by Gasteiger charge is -2.08. The minimum atomic E-state index is -0.333. The van der Waals surface area contributed by atoms with Crippen molar-refractivity contribution in [3.63, 3.8) is 0 Å². The minimum Gasteiger partial charge on any atom is -0.337 e. The highest BCUT2D eigenvalue weighted by molar-refractivity contribution is 5.92. The summed E-state index contributed by atoms with van der Waals surface area (Å²) in [5, 5.41) is 8.06. The van der Waals surface area contributed by atoms with E-state index in [4.69, 9.17) is 0 Å². The number of hydrogen-bond acceptors (Lipinski definition) is 3. The molecule has 2 rings (SSSR count). The van der Waals surface area contributed by atoms with Crippen LogP contribution in [0.1, 0.15) is 12.0 Å². The van der Waals surface area contributed by atoms with Crippen molar-refractivity contribution >= 4 is 23.3 Å². The van der Waals surface area contributed by atoms with Crippen molar-refractivity contribution in [1.82, 2.24) is 10.3 Å². The molecule has 0 aliphatic carbocycles. The summed E-state index contributed by atoms with van der Waals surface area (Å²) < 4.78 is 0. The summed E-state index contributed by atoms with van der Waals surface area (Å²) in [6, 6.07) is 10.6. The predicted octanol–water partition coefficient (Wildman–Crippen LogP) is 2.54. The standard InChI is InChI=1S/C16H18N4O2/c1-12-2-4-13(5-3-12)20-16(22)18-11-8-15(21)19-14-6-9-17-10-7-14/h2-7,9-10H,8,11H2,1H3,(H,17,19,21)(H2,18,20,22). The molecule has 0 saturated heterocycles. The molecule has 3 N–H and O–H groups in total. The van der Waals surface area contributed by atoms with Crippen LogP contribution in [0.2, 0.25) is 0 Å². The van der Waals surface area contributed by atoms with Crippen molar-refractivity contribution in [2.24, 2.45) is 0 Å². The van der Waals surface area contributed by atoms with Crippen LogP contribution in [0.15, 0.2) is 48.8 Å². The van der Waals surface area contributed by atoms with Crippen LogP contribution in [-0.2, 0) is 4.79 Å². The van der Waals surface area contributed by atoms with Crippen LogP contribution < -0.4 is 16.0 Å². The third-order valence-electron chi connectivity index (χ3n) is 2.91. The Hall–Kier alpha value is -2.89. The summed E-state index contributed by atoms with van der Waals surface area (Å²) in [7, 11) is 0. The van der Waals surface area contributed by atoms with Gasteiger partial charge in [-0.2, -0.15) is 0 Å². The van der Waals surface area contributed by atoms with Crippen LogP contribution in [0, 0.1) is 6.92 Å². The number of carbonyl (C=O) groups excluding carboxylic acids is 2. The Morgan fingerprint density at radius 2 is 1.59 bits per heavy atom. The number of pyridine rings is 1. The van der Waals surface area contributed by atoms with E-state index in [1.807, 2.05) is 31.2 Å². The van der Waals surface area contributed by atoms with Crippen molar-refractivity contribution in [3.8, 4) is 0 Å². The molecule has 0 atom stereocenters. The fourth-order valence-electron chi connectivity index (χ4n) is 1.76. The molecule has 0 radical (unpaired) electrons. The lowest BCUT2D eigenvalue weighted by Crippen LogP contribution is -2.31. The van der Waals surface area contributed by atoms with Gasteiger partial charge >= 0.3 is 6.03 Å². The van der Waals surface area contributed by atoms with E-state index in [9.17, 15) is 9.59 Å². The van der Waals surface area contributed by atoms with Gasteiger partial charge in [-0.3, -0.25) is 9.78 Å². The van der Waals surface area contributed by atoms with Gasteiger partial charge in [0, 0.05) is 36.7 Å². The first kappa shape index (κ1) is 15.5. The van der Waals surface area contributed by atoms with E-state index in [1.165, 1.54) is 0 Å². The van der Waals surface area contributed by atoms with Gasteiger partial charge in [-0.1, -0.05) is 17.7 Å². The second-order valence-electron chi connectivity index (χ2n) is 4.78. The number of aryl methyl sites for hydroxylation is 1. The summed E-state index contributed by atoms with van der Waals surface area (Å²) in [6.07, 6.45) is 3.40. The van der Waals surface area contributed by atoms with E-state index in [2.05, 4.69) is 20.9 Å². The highest BCUT2D eigenvalue weighted by atomic mass is 16.2. The summed E-state index contributed by atoms with van der Waals surface area (Å²) in [4.78, 5) is 27.2. The number of amides is 3. The van der Waals surface area contributed by atoms with Gasteiger partial charge in [0.15, 0.2) is 0 Å². The zero-order valence-electron chi connectivity index (χ0n) is 12.3. The zero-order chi connectivity index (χ0) is 15.8. The van der Waals surface area contributed by atoms with E-state index in [-0.39, 0.29) is 24.9 Å². The first-order valence-corrected chi connectivity index (χ1v) is 6.95. The van der Waals surface area contributed by atoms with Crippen molar-refractivity contribution in [3.05, 3.63) is 54.4 Å². The maximum Gasteiger partial charge on any atom is 0.319 e. The fraction of sp³-hybridized carbons (Fsp3) is 0.188. The van der Waals surface area contributed by atoms with Crippen LogP contribution in [0.4, 0.5) is 16.2 Å². The maximum absolute atomic E-state index is 11.7. The first-order chi connectivity index (χ1) is 10.6. The molecule has 0 unspecified atom stereocenters. The molecule has 1 aromatic heterocycles. The van der Waals surface area contributed by atoms with Gasteiger partial charge < -0.3 is 16.0 Å². The van der Waals surface area contributed by atoms with Crippen LogP contribution in [-0.4, -0.2) is 23.5 Å².